The summed E-state index contributed by atoms with van der Waals surface area (Å²) in [7, 11) is 0. The molecule has 1 aliphatic heterocycles. The number of carbonyl (C=O) groups is 1. The first-order valence-corrected chi connectivity index (χ1v) is 4.55. The van der Waals surface area contributed by atoms with E-state index in [1.165, 1.54) is 19.3 Å². The highest BCUT2D eigenvalue weighted by molar-refractivity contribution is 5.76. The molecule has 1 N–H and O–H groups in total. The first-order valence-electron chi connectivity index (χ1n) is 4.55. The van der Waals surface area contributed by atoms with Crippen LogP contribution in [-0.2, 0) is 4.79 Å². The zero-order valence-electron chi connectivity index (χ0n) is 6.97. The van der Waals surface area contributed by atoms with Crippen molar-refractivity contribution in [2.45, 2.75) is 38.6 Å². The fraction of sp³-hybridized carbons (Fsp3) is 0.889. The summed E-state index contributed by atoms with van der Waals surface area (Å²) >= 11 is 0. The maximum atomic E-state index is 11.2. The van der Waals surface area contributed by atoms with Crippen LogP contribution in [0.5, 0.6) is 0 Å². The lowest BCUT2D eigenvalue weighted by Gasteiger charge is -2.15. The van der Waals surface area contributed by atoms with E-state index in [0.29, 0.717) is 12.0 Å². The lowest BCUT2D eigenvalue weighted by atomic mass is 9.90. The Bertz CT molecular complexity index is 174. The molecule has 3 atom stereocenters. The monoisotopic (exact) mass is 153 g/mol. The molecule has 2 fully saturated rings. The summed E-state index contributed by atoms with van der Waals surface area (Å²) in [5, 5.41) is 3.06. The van der Waals surface area contributed by atoms with Crippen molar-refractivity contribution in [1.29, 1.82) is 0 Å². The van der Waals surface area contributed by atoms with Crippen LogP contribution >= 0.6 is 0 Å². The van der Waals surface area contributed by atoms with E-state index in [0.717, 1.165) is 12.3 Å². The molecule has 1 saturated heterocycles. The fourth-order valence-electron chi connectivity index (χ4n) is 2.41. The van der Waals surface area contributed by atoms with Crippen molar-refractivity contribution in [3.8, 4) is 0 Å². The number of rotatable bonds is 0. The van der Waals surface area contributed by atoms with E-state index in [9.17, 15) is 4.79 Å². The van der Waals surface area contributed by atoms with E-state index in [4.69, 9.17) is 0 Å². The molecular weight excluding hydrogens is 138 g/mol. The van der Waals surface area contributed by atoms with Gasteiger partial charge in [0.05, 0.1) is 0 Å². The van der Waals surface area contributed by atoms with Crippen LogP contribution in [0.4, 0.5) is 0 Å². The quantitative estimate of drug-likeness (QED) is 0.558. The van der Waals surface area contributed by atoms with Gasteiger partial charge in [0.2, 0.25) is 5.91 Å². The molecule has 1 saturated carbocycles. The molecule has 0 aromatic heterocycles. The van der Waals surface area contributed by atoms with Crippen molar-refractivity contribution >= 4 is 5.91 Å². The standard InChI is InChI=1S/C9H15NO/c1-6-4-9(11)10-8-3-2-7(6)5-8/h6-8H,2-5H2,1H3,(H,10,11)/t6-,7+,8-/m0/s1. The molecule has 2 aliphatic rings. The first kappa shape index (κ1) is 7.14. The average Bonchev–Trinajstić information content (AvgIpc) is 2.29. The Balaban J connectivity index is 2.11. The van der Waals surface area contributed by atoms with Gasteiger partial charge in [0.25, 0.3) is 0 Å². The molecule has 1 heterocycles. The molecule has 62 valence electrons. The molecule has 2 nitrogen and oxygen atoms in total. The third kappa shape index (κ3) is 1.26. The molecule has 0 unspecified atom stereocenters. The lowest BCUT2D eigenvalue weighted by molar-refractivity contribution is -0.122. The predicted molar refractivity (Wildman–Crippen MR) is 43.1 cm³/mol. The van der Waals surface area contributed by atoms with Crippen LogP contribution in [0.3, 0.4) is 0 Å². The molecular formula is C9H15NO. The largest absolute Gasteiger partial charge is 0.353 e. The Hall–Kier alpha value is -0.530. The maximum absolute atomic E-state index is 11.2. The molecule has 0 aromatic rings. The van der Waals surface area contributed by atoms with Crippen molar-refractivity contribution in [1.82, 2.24) is 5.32 Å². The van der Waals surface area contributed by atoms with E-state index >= 15 is 0 Å². The first-order chi connectivity index (χ1) is 5.25. The van der Waals surface area contributed by atoms with Gasteiger partial charge in [-0.15, -0.1) is 0 Å². The van der Waals surface area contributed by atoms with Crippen molar-refractivity contribution in [2.75, 3.05) is 0 Å². The van der Waals surface area contributed by atoms with Crippen LogP contribution in [0.25, 0.3) is 0 Å². The molecule has 0 spiro atoms. The van der Waals surface area contributed by atoms with Crippen molar-refractivity contribution in [3.05, 3.63) is 0 Å². The van der Waals surface area contributed by atoms with Gasteiger partial charge in [-0.3, -0.25) is 4.79 Å². The van der Waals surface area contributed by atoms with E-state index in [1.54, 1.807) is 0 Å². The number of hydrogen-bond acceptors (Lipinski definition) is 1. The summed E-state index contributed by atoms with van der Waals surface area (Å²) in [6.07, 6.45) is 4.51. The second-order valence-corrected chi connectivity index (χ2v) is 4.02. The topological polar surface area (TPSA) is 29.1 Å². The number of nitrogens with one attached hydrogen (secondary N) is 1. The minimum absolute atomic E-state index is 0.268. The van der Waals surface area contributed by atoms with E-state index in [1.807, 2.05) is 0 Å². The zero-order chi connectivity index (χ0) is 7.84. The molecule has 2 bridgehead atoms. The molecule has 2 heteroatoms. The minimum atomic E-state index is 0.268. The third-order valence-corrected chi connectivity index (χ3v) is 3.15. The Morgan fingerprint density at radius 1 is 1.45 bits per heavy atom. The molecule has 0 radical (unpaired) electrons. The second kappa shape index (κ2) is 2.50. The zero-order valence-corrected chi connectivity index (χ0v) is 6.97. The average molecular weight is 153 g/mol. The van der Waals surface area contributed by atoms with Gasteiger partial charge in [-0.05, 0) is 31.1 Å². The number of hydrogen-bond donors (Lipinski definition) is 1. The smallest absolute Gasteiger partial charge is 0.220 e. The van der Waals surface area contributed by atoms with Gasteiger partial charge in [-0.2, -0.15) is 0 Å². The van der Waals surface area contributed by atoms with Crippen molar-refractivity contribution < 1.29 is 4.79 Å². The highest BCUT2D eigenvalue weighted by Gasteiger charge is 2.33. The van der Waals surface area contributed by atoms with Gasteiger partial charge in [0, 0.05) is 12.5 Å². The fourth-order valence-corrected chi connectivity index (χ4v) is 2.41. The van der Waals surface area contributed by atoms with Gasteiger partial charge < -0.3 is 5.32 Å². The van der Waals surface area contributed by atoms with Gasteiger partial charge >= 0.3 is 0 Å². The van der Waals surface area contributed by atoms with Crippen LogP contribution in [-0.4, -0.2) is 11.9 Å². The summed E-state index contributed by atoms with van der Waals surface area (Å²) in [5.74, 6) is 1.70. The van der Waals surface area contributed by atoms with Crippen molar-refractivity contribution in [3.63, 3.8) is 0 Å². The highest BCUT2D eigenvalue weighted by atomic mass is 16.1. The van der Waals surface area contributed by atoms with Crippen LogP contribution in [0.2, 0.25) is 0 Å². The van der Waals surface area contributed by atoms with Gasteiger partial charge in [-0.1, -0.05) is 6.92 Å². The van der Waals surface area contributed by atoms with E-state index in [-0.39, 0.29) is 5.91 Å². The summed E-state index contributed by atoms with van der Waals surface area (Å²) in [4.78, 5) is 11.2. The maximum Gasteiger partial charge on any atom is 0.220 e. The summed E-state index contributed by atoms with van der Waals surface area (Å²) in [5.41, 5.74) is 0. The predicted octanol–water partition coefficient (Wildman–Crippen LogP) is 1.31. The number of amides is 1. The number of carbonyl (C=O) groups excluding carboxylic acids is 1. The summed E-state index contributed by atoms with van der Waals surface area (Å²) in [6.45, 7) is 2.21. The van der Waals surface area contributed by atoms with E-state index < -0.39 is 0 Å². The number of fused-ring (bicyclic) bond motifs is 2. The SMILES string of the molecule is C[C@H]1CC(=O)N[C@H]2CC[C@@H]1C2. The molecule has 0 aromatic carbocycles. The second-order valence-electron chi connectivity index (χ2n) is 4.02. The van der Waals surface area contributed by atoms with Gasteiger partial charge in [-0.25, -0.2) is 0 Å². The summed E-state index contributed by atoms with van der Waals surface area (Å²) < 4.78 is 0. The van der Waals surface area contributed by atoms with Gasteiger partial charge in [0.15, 0.2) is 0 Å². The molecule has 2 rings (SSSR count). The van der Waals surface area contributed by atoms with Crippen LogP contribution in [0.1, 0.15) is 32.6 Å². The normalized spacial score (nSPS) is 43.4. The van der Waals surface area contributed by atoms with Crippen LogP contribution < -0.4 is 5.32 Å². The van der Waals surface area contributed by atoms with Gasteiger partial charge in [0.1, 0.15) is 0 Å². The summed E-state index contributed by atoms with van der Waals surface area (Å²) in [6, 6.07) is 0.512. The third-order valence-electron chi connectivity index (χ3n) is 3.15. The Morgan fingerprint density at radius 2 is 2.27 bits per heavy atom. The minimum Gasteiger partial charge on any atom is -0.353 e. The van der Waals surface area contributed by atoms with E-state index in [2.05, 4.69) is 12.2 Å². The lowest BCUT2D eigenvalue weighted by Crippen LogP contribution is -2.31. The Morgan fingerprint density at radius 3 is 3.09 bits per heavy atom. The van der Waals surface area contributed by atoms with Crippen molar-refractivity contribution in [2.24, 2.45) is 11.8 Å². The Kier molecular flexibility index (Phi) is 1.63. The molecule has 1 aliphatic carbocycles. The Labute approximate surface area is 67.4 Å². The van der Waals surface area contributed by atoms with Crippen LogP contribution in [0, 0.1) is 11.8 Å². The van der Waals surface area contributed by atoms with Crippen LogP contribution in [0.15, 0.2) is 0 Å². The highest BCUT2D eigenvalue weighted by Crippen LogP contribution is 2.35. The molecule has 1 amide bonds. The molecule has 11 heavy (non-hydrogen) atoms.